The maximum Gasteiger partial charge on any atom is 0.139 e. The Hall–Kier alpha value is -0.370. The van der Waals surface area contributed by atoms with Crippen molar-refractivity contribution in [2.24, 2.45) is 5.92 Å². The molecule has 2 saturated heterocycles. The Bertz CT molecular complexity index is 327. The van der Waals surface area contributed by atoms with Gasteiger partial charge in [0.2, 0.25) is 0 Å². The molecule has 0 amide bonds. The topological polar surface area (TPSA) is 20.3 Å². The highest BCUT2D eigenvalue weighted by Crippen LogP contribution is 2.50. The van der Waals surface area contributed by atoms with Crippen LogP contribution in [0.15, 0.2) is 0 Å². The normalized spacial score (nSPS) is 40.6. The van der Waals surface area contributed by atoms with Crippen LogP contribution in [0.5, 0.6) is 0 Å². The molecule has 3 rings (SSSR count). The Morgan fingerprint density at radius 2 is 2.11 bits per heavy atom. The van der Waals surface area contributed by atoms with Crippen LogP contribution in [0.2, 0.25) is 0 Å². The molecule has 1 saturated carbocycles. The summed E-state index contributed by atoms with van der Waals surface area (Å²) in [4.78, 5) is 15.3. The third kappa shape index (κ3) is 1.84. The van der Waals surface area contributed by atoms with E-state index in [2.05, 4.69) is 11.8 Å². The highest BCUT2D eigenvalue weighted by molar-refractivity contribution is 5.84. The number of rotatable bonds is 3. The molecular formula is C16H27NO. The second-order valence-electron chi connectivity index (χ2n) is 6.67. The van der Waals surface area contributed by atoms with Crippen molar-refractivity contribution in [2.45, 2.75) is 82.7 Å². The van der Waals surface area contributed by atoms with E-state index >= 15 is 0 Å². The van der Waals surface area contributed by atoms with E-state index in [0.717, 1.165) is 6.42 Å². The average molecular weight is 249 g/mol. The zero-order valence-corrected chi connectivity index (χ0v) is 11.8. The summed E-state index contributed by atoms with van der Waals surface area (Å²) < 4.78 is 0. The highest BCUT2D eigenvalue weighted by Gasteiger charge is 2.55. The number of carbonyl (C=O) groups is 1. The van der Waals surface area contributed by atoms with E-state index in [0.29, 0.717) is 23.3 Å². The van der Waals surface area contributed by atoms with Crippen molar-refractivity contribution in [3.8, 4) is 0 Å². The van der Waals surface area contributed by atoms with Crippen molar-refractivity contribution >= 4 is 5.78 Å². The molecule has 0 radical (unpaired) electrons. The molecule has 102 valence electrons. The summed E-state index contributed by atoms with van der Waals surface area (Å²) in [6.07, 6.45) is 12.4. The molecule has 2 heteroatoms. The van der Waals surface area contributed by atoms with Gasteiger partial charge in [-0.25, -0.2) is 0 Å². The summed E-state index contributed by atoms with van der Waals surface area (Å²) in [6, 6.07) is 0.578. The molecule has 2 aliphatic heterocycles. The van der Waals surface area contributed by atoms with Crippen LogP contribution >= 0.6 is 0 Å². The van der Waals surface area contributed by atoms with Gasteiger partial charge in [0.05, 0.1) is 0 Å². The van der Waals surface area contributed by atoms with Crippen LogP contribution in [0.1, 0.15) is 71.1 Å². The van der Waals surface area contributed by atoms with Crippen molar-refractivity contribution in [3.05, 3.63) is 0 Å². The second kappa shape index (κ2) is 4.96. The summed E-state index contributed by atoms with van der Waals surface area (Å²) in [7, 11) is 0. The predicted octanol–water partition coefficient (Wildman–Crippen LogP) is 3.54. The van der Waals surface area contributed by atoms with Gasteiger partial charge >= 0.3 is 0 Å². The Labute approximate surface area is 111 Å². The number of hydrogen-bond donors (Lipinski definition) is 0. The van der Waals surface area contributed by atoms with E-state index in [9.17, 15) is 4.79 Å². The molecule has 3 aliphatic rings. The van der Waals surface area contributed by atoms with Crippen LogP contribution in [-0.2, 0) is 4.79 Å². The minimum absolute atomic E-state index is 0.311. The quantitative estimate of drug-likeness (QED) is 0.762. The van der Waals surface area contributed by atoms with Gasteiger partial charge in [-0.05, 0) is 38.6 Å². The van der Waals surface area contributed by atoms with Crippen LogP contribution in [0.25, 0.3) is 0 Å². The molecule has 3 fully saturated rings. The molecule has 3 atom stereocenters. The van der Waals surface area contributed by atoms with Crippen LogP contribution in [-0.4, -0.2) is 28.8 Å². The highest BCUT2D eigenvalue weighted by atomic mass is 16.1. The van der Waals surface area contributed by atoms with Gasteiger partial charge in [-0.2, -0.15) is 0 Å². The number of Topliss-reactive ketones (excluding diaryl/α,β-unsaturated/α-hetero) is 1. The van der Waals surface area contributed by atoms with E-state index in [-0.39, 0.29) is 0 Å². The lowest BCUT2D eigenvalue weighted by Crippen LogP contribution is -2.62. The van der Waals surface area contributed by atoms with Crippen molar-refractivity contribution in [3.63, 3.8) is 0 Å². The van der Waals surface area contributed by atoms with Gasteiger partial charge in [-0.1, -0.05) is 32.6 Å². The Kier molecular flexibility index (Phi) is 3.48. The second-order valence-corrected chi connectivity index (χ2v) is 6.67. The Balaban J connectivity index is 1.84. The summed E-state index contributed by atoms with van der Waals surface area (Å²) in [6.45, 7) is 3.52. The number of piperidine rings is 1. The first-order valence-corrected chi connectivity index (χ1v) is 8.07. The first kappa shape index (κ1) is 12.7. The van der Waals surface area contributed by atoms with E-state index in [1.807, 2.05) is 0 Å². The molecule has 1 aliphatic carbocycles. The number of nitrogens with zero attached hydrogens (tertiary/aromatic N) is 1. The number of ketones is 1. The van der Waals surface area contributed by atoms with Crippen LogP contribution < -0.4 is 0 Å². The Morgan fingerprint density at radius 3 is 2.94 bits per heavy atom. The average Bonchev–Trinajstić information content (AvgIpc) is 2.80. The van der Waals surface area contributed by atoms with Gasteiger partial charge in [0.1, 0.15) is 5.78 Å². The molecule has 0 unspecified atom stereocenters. The smallest absolute Gasteiger partial charge is 0.139 e. The number of carbonyl (C=O) groups excluding carboxylic acids is 1. The number of unbranched alkanes of at least 4 members (excludes halogenated alkanes) is 1. The van der Waals surface area contributed by atoms with E-state index < -0.39 is 0 Å². The summed E-state index contributed by atoms with van der Waals surface area (Å²) in [5.41, 5.74) is 0.311. The van der Waals surface area contributed by atoms with Gasteiger partial charge in [0.25, 0.3) is 0 Å². The lowest BCUT2D eigenvalue weighted by atomic mass is 9.65. The maximum atomic E-state index is 12.5. The molecule has 0 N–H and O–H groups in total. The minimum atomic E-state index is 0.311. The first-order chi connectivity index (χ1) is 8.78. The molecule has 0 aromatic carbocycles. The van der Waals surface area contributed by atoms with Crippen LogP contribution in [0.3, 0.4) is 0 Å². The SMILES string of the molecule is CCCC[C@@H]1CC(=O)[C@H]2CCCC[C@]23CCCN13. The molecule has 0 bridgehead atoms. The summed E-state index contributed by atoms with van der Waals surface area (Å²) in [5.74, 6) is 1.00. The van der Waals surface area contributed by atoms with E-state index in [4.69, 9.17) is 0 Å². The minimum Gasteiger partial charge on any atom is -0.299 e. The standard InChI is InChI=1S/C16H27NO/c1-2-3-7-13-12-15(18)14-8-4-5-9-16(14)10-6-11-17(13)16/h13-14H,2-12H2,1H3/t13-,14-,16+/m1/s1. The molecule has 0 aromatic rings. The third-order valence-corrected chi connectivity index (χ3v) is 5.74. The monoisotopic (exact) mass is 249 g/mol. The van der Waals surface area contributed by atoms with Gasteiger partial charge in [0.15, 0.2) is 0 Å². The third-order valence-electron chi connectivity index (χ3n) is 5.74. The molecule has 1 spiro atoms. The van der Waals surface area contributed by atoms with Crippen molar-refractivity contribution < 1.29 is 4.79 Å². The molecule has 18 heavy (non-hydrogen) atoms. The fourth-order valence-corrected chi connectivity index (χ4v) is 4.98. The molecule has 0 aromatic heterocycles. The largest absolute Gasteiger partial charge is 0.299 e. The van der Waals surface area contributed by atoms with Crippen molar-refractivity contribution in [1.29, 1.82) is 0 Å². The molecular weight excluding hydrogens is 222 g/mol. The van der Waals surface area contributed by atoms with Gasteiger partial charge < -0.3 is 0 Å². The lowest BCUT2D eigenvalue weighted by molar-refractivity contribution is -0.140. The summed E-state index contributed by atoms with van der Waals surface area (Å²) in [5, 5.41) is 0. The van der Waals surface area contributed by atoms with Gasteiger partial charge in [0, 0.05) is 23.9 Å². The fourth-order valence-electron chi connectivity index (χ4n) is 4.98. The van der Waals surface area contributed by atoms with Gasteiger partial charge in [-0.15, -0.1) is 0 Å². The maximum absolute atomic E-state index is 12.5. The van der Waals surface area contributed by atoms with Gasteiger partial charge in [-0.3, -0.25) is 9.69 Å². The lowest BCUT2D eigenvalue weighted by Gasteiger charge is -2.53. The summed E-state index contributed by atoms with van der Waals surface area (Å²) >= 11 is 0. The van der Waals surface area contributed by atoms with Crippen molar-refractivity contribution in [1.82, 2.24) is 4.90 Å². The zero-order chi connectivity index (χ0) is 12.6. The predicted molar refractivity (Wildman–Crippen MR) is 73.6 cm³/mol. The molecule has 2 nitrogen and oxygen atoms in total. The van der Waals surface area contributed by atoms with Crippen LogP contribution in [0, 0.1) is 5.92 Å². The van der Waals surface area contributed by atoms with Crippen LogP contribution in [0.4, 0.5) is 0 Å². The zero-order valence-electron chi connectivity index (χ0n) is 11.8. The van der Waals surface area contributed by atoms with E-state index in [1.54, 1.807) is 0 Å². The number of hydrogen-bond acceptors (Lipinski definition) is 2. The van der Waals surface area contributed by atoms with Crippen molar-refractivity contribution in [2.75, 3.05) is 6.54 Å². The fraction of sp³-hybridized carbons (Fsp3) is 0.938. The first-order valence-electron chi connectivity index (χ1n) is 8.07. The van der Waals surface area contributed by atoms with E-state index in [1.165, 1.54) is 64.3 Å². The molecule has 2 heterocycles. The Morgan fingerprint density at radius 1 is 1.28 bits per heavy atom.